The van der Waals surface area contributed by atoms with Crippen molar-refractivity contribution in [2.45, 2.75) is 6.42 Å². The van der Waals surface area contributed by atoms with Gasteiger partial charge in [-0.2, -0.15) is 5.10 Å². The Morgan fingerprint density at radius 2 is 2.33 bits per heavy atom. The topological polar surface area (TPSA) is 97.1 Å². The second-order valence-electron chi connectivity index (χ2n) is 3.57. The SMILES string of the molecule is Cn1cc(C(=O)Nc2nc(CC(=O)O)cs2)cn1. The van der Waals surface area contributed by atoms with Crippen molar-refractivity contribution >= 4 is 28.3 Å². The number of anilines is 1. The molecule has 18 heavy (non-hydrogen) atoms. The molecule has 0 fully saturated rings. The molecule has 0 unspecified atom stereocenters. The van der Waals surface area contributed by atoms with Crippen molar-refractivity contribution in [3.05, 3.63) is 29.0 Å². The van der Waals surface area contributed by atoms with E-state index < -0.39 is 5.97 Å². The third-order valence-electron chi connectivity index (χ3n) is 2.07. The van der Waals surface area contributed by atoms with Crippen LogP contribution in [0.1, 0.15) is 16.1 Å². The first-order chi connectivity index (χ1) is 8.54. The van der Waals surface area contributed by atoms with Gasteiger partial charge in [-0.15, -0.1) is 11.3 Å². The van der Waals surface area contributed by atoms with Crippen molar-refractivity contribution in [1.29, 1.82) is 0 Å². The summed E-state index contributed by atoms with van der Waals surface area (Å²) >= 11 is 1.19. The summed E-state index contributed by atoms with van der Waals surface area (Å²) in [5.41, 5.74) is 0.849. The zero-order chi connectivity index (χ0) is 13.1. The summed E-state index contributed by atoms with van der Waals surface area (Å²) in [4.78, 5) is 26.2. The second-order valence-corrected chi connectivity index (χ2v) is 4.43. The molecule has 2 rings (SSSR count). The predicted molar refractivity (Wildman–Crippen MR) is 64.6 cm³/mol. The highest BCUT2D eigenvalue weighted by Crippen LogP contribution is 2.16. The van der Waals surface area contributed by atoms with Gasteiger partial charge in [0.2, 0.25) is 0 Å². The molecular weight excluding hydrogens is 256 g/mol. The van der Waals surface area contributed by atoms with Gasteiger partial charge >= 0.3 is 5.97 Å². The van der Waals surface area contributed by atoms with Crippen LogP contribution in [-0.2, 0) is 18.3 Å². The van der Waals surface area contributed by atoms with Crippen LogP contribution in [0, 0.1) is 0 Å². The van der Waals surface area contributed by atoms with Gasteiger partial charge in [0.05, 0.1) is 23.9 Å². The summed E-state index contributed by atoms with van der Waals surface area (Å²) in [6.45, 7) is 0. The summed E-state index contributed by atoms with van der Waals surface area (Å²) in [6, 6.07) is 0. The molecule has 2 N–H and O–H groups in total. The molecule has 0 saturated heterocycles. The van der Waals surface area contributed by atoms with Crippen molar-refractivity contribution in [3.63, 3.8) is 0 Å². The number of carbonyl (C=O) groups is 2. The van der Waals surface area contributed by atoms with Gasteiger partial charge in [-0.05, 0) is 0 Å². The zero-order valence-electron chi connectivity index (χ0n) is 9.45. The van der Waals surface area contributed by atoms with E-state index in [1.807, 2.05) is 0 Å². The molecule has 94 valence electrons. The molecular formula is C10H10N4O3S. The fourth-order valence-electron chi connectivity index (χ4n) is 1.31. The van der Waals surface area contributed by atoms with Gasteiger partial charge in [0, 0.05) is 18.6 Å². The smallest absolute Gasteiger partial charge is 0.309 e. The molecule has 0 spiro atoms. The highest BCUT2D eigenvalue weighted by molar-refractivity contribution is 7.14. The van der Waals surface area contributed by atoms with Crippen molar-refractivity contribution in [2.75, 3.05) is 5.32 Å². The summed E-state index contributed by atoms with van der Waals surface area (Å²) in [5.74, 6) is -1.27. The summed E-state index contributed by atoms with van der Waals surface area (Å²) in [6.07, 6.45) is 2.88. The van der Waals surface area contributed by atoms with Crippen molar-refractivity contribution < 1.29 is 14.7 Å². The number of rotatable bonds is 4. The number of aryl methyl sites for hydroxylation is 1. The van der Waals surface area contributed by atoms with E-state index in [0.29, 0.717) is 16.4 Å². The lowest BCUT2D eigenvalue weighted by atomic mass is 10.3. The van der Waals surface area contributed by atoms with Gasteiger partial charge in [-0.25, -0.2) is 4.98 Å². The van der Waals surface area contributed by atoms with Crippen LogP contribution in [0.25, 0.3) is 0 Å². The Hall–Kier alpha value is -2.22. The van der Waals surface area contributed by atoms with Crippen LogP contribution in [0.15, 0.2) is 17.8 Å². The molecule has 7 nitrogen and oxygen atoms in total. The van der Waals surface area contributed by atoms with Crippen LogP contribution in [0.2, 0.25) is 0 Å². The molecule has 0 radical (unpaired) electrons. The Kier molecular flexibility index (Phi) is 3.38. The van der Waals surface area contributed by atoms with Crippen molar-refractivity contribution in [2.24, 2.45) is 7.05 Å². The van der Waals surface area contributed by atoms with E-state index in [0.717, 1.165) is 0 Å². The second kappa shape index (κ2) is 4.96. The molecule has 2 aromatic heterocycles. The summed E-state index contributed by atoms with van der Waals surface area (Å²) in [7, 11) is 1.71. The molecule has 0 saturated carbocycles. The molecule has 0 aliphatic carbocycles. The highest BCUT2D eigenvalue weighted by Gasteiger charge is 2.11. The molecule has 0 bridgehead atoms. The molecule has 0 aliphatic rings. The van der Waals surface area contributed by atoms with E-state index in [1.54, 1.807) is 18.6 Å². The van der Waals surface area contributed by atoms with Crippen LogP contribution >= 0.6 is 11.3 Å². The average molecular weight is 266 g/mol. The number of thiazole rings is 1. The number of amides is 1. The van der Waals surface area contributed by atoms with E-state index in [1.165, 1.54) is 22.2 Å². The zero-order valence-corrected chi connectivity index (χ0v) is 10.3. The third kappa shape index (κ3) is 2.92. The predicted octanol–water partition coefficient (Wildman–Crippen LogP) is 0.756. The molecule has 8 heteroatoms. The molecule has 0 aliphatic heterocycles. The lowest BCUT2D eigenvalue weighted by molar-refractivity contribution is -0.136. The van der Waals surface area contributed by atoms with Crippen LogP contribution in [0.5, 0.6) is 0 Å². The quantitative estimate of drug-likeness (QED) is 0.851. The van der Waals surface area contributed by atoms with Crippen LogP contribution in [0.4, 0.5) is 5.13 Å². The molecule has 0 aromatic carbocycles. The fraction of sp³-hybridized carbons (Fsp3) is 0.200. The average Bonchev–Trinajstić information content (AvgIpc) is 2.87. The van der Waals surface area contributed by atoms with E-state index in [-0.39, 0.29) is 12.3 Å². The van der Waals surface area contributed by atoms with E-state index in [9.17, 15) is 9.59 Å². The number of nitrogens with one attached hydrogen (secondary N) is 1. The first-order valence-electron chi connectivity index (χ1n) is 5.01. The Balaban J connectivity index is 2.03. The molecule has 1 amide bonds. The standard InChI is InChI=1S/C10H10N4O3S/c1-14-4-6(3-11-14)9(17)13-10-12-7(5-18-10)2-8(15)16/h3-5H,2H2,1H3,(H,15,16)(H,12,13,17). The van der Waals surface area contributed by atoms with Gasteiger partial charge in [0.25, 0.3) is 5.91 Å². The van der Waals surface area contributed by atoms with E-state index >= 15 is 0 Å². The lowest BCUT2D eigenvalue weighted by Crippen LogP contribution is -2.11. The van der Waals surface area contributed by atoms with Gasteiger partial charge in [0.15, 0.2) is 5.13 Å². The normalized spacial score (nSPS) is 10.3. The maximum atomic E-state index is 11.7. The first kappa shape index (κ1) is 12.2. The van der Waals surface area contributed by atoms with Gasteiger partial charge in [0.1, 0.15) is 0 Å². The van der Waals surface area contributed by atoms with Crippen LogP contribution < -0.4 is 5.32 Å². The largest absolute Gasteiger partial charge is 0.481 e. The number of aliphatic carboxylic acids is 1. The van der Waals surface area contributed by atoms with Gasteiger partial charge in [-0.3, -0.25) is 19.6 Å². The Labute approximate surface area is 106 Å². The molecule has 0 atom stereocenters. The van der Waals surface area contributed by atoms with Crippen molar-refractivity contribution in [3.8, 4) is 0 Å². The third-order valence-corrected chi connectivity index (χ3v) is 2.88. The molecule has 2 aromatic rings. The number of carboxylic acids is 1. The minimum Gasteiger partial charge on any atom is -0.481 e. The molecule has 2 heterocycles. The number of hydrogen-bond donors (Lipinski definition) is 2. The van der Waals surface area contributed by atoms with Gasteiger partial charge < -0.3 is 5.11 Å². The fourth-order valence-corrected chi connectivity index (χ4v) is 2.01. The number of nitrogens with zero attached hydrogens (tertiary/aromatic N) is 3. The van der Waals surface area contributed by atoms with E-state index in [4.69, 9.17) is 5.11 Å². The summed E-state index contributed by atoms with van der Waals surface area (Å²) in [5, 5.41) is 17.1. The van der Waals surface area contributed by atoms with E-state index in [2.05, 4.69) is 15.4 Å². The maximum absolute atomic E-state index is 11.7. The summed E-state index contributed by atoms with van der Waals surface area (Å²) < 4.78 is 1.52. The van der Waals surface area contributed by atoms with Crippen LogP contribution in [0.3, 0.4) is 0 Å². The lowest BCUT2D eigenvalue weighted by Gasteiger charge is -1.97. The number of aromatic nitrogens is 3. The number of hydrogen-bond acceptors (Lipinski definition) is 5. The Morgan fingerprint density at radius 1 is 1.56 bits per heavy atom. The van der Waals surface area contributed by atoms with Crippen LogP contribution in [-0.4, -0.2) is 31.7 Å². The minimum absolute atomic E-state index is 0.154. The maximum Gasteiger partial charge on any atom is 0.309 e. The Morgan fingerprint density at radius 3 is 2.94 bits per heavy atom. The Bertz CT molecular complexity index is 589. The number of carbonyl (C=O) groups excluding carboxylic acids is 1. The minimum atomic E-state index is -0.953. The number of carboxylic acid groups (broad SMARTS) is 1. The monoisotopic (exact) mass is 266 g/mol. The van der Waals surface area contributed by atoms with Gasteiger partial charge in [-0.1, -0.05) is 0 Å². The first-order valence-corrected chi connectivity index (χ1v) is 5.89. The van der Waals surface area contributed by atoms with Crippen molar-refractivity contribution in [1.82, 2.24) is 14.8 Å². The highest BCUT2D eigenvalue weighted by atomic mass is 32.1.